The van der Waals surface area contributed by atoms with E-state index in [4.69, 9.17) is 11.6 Å². The molecule has 0 saturated carbocycles. The van der Waals surface area contributed by atoms with Gasteiger partial charge in [-0.3, -0.25) is 4.90 Å². The van der Waals surface area contributed by atoms with Gasteiger partial charge in [-0.2, -0.15) is 0 Å². The maximum absolute atomic E-state index is 12.0. The van der Waals surface area contributed by atoms with E-state index in [-0.39, 0.29) is 6.03 Å². The monoisotopic (exact) mass is 323 g/mol. The van der Waals surface area contributed by atoms with Gasteiger partial charge in [0.15, 0.2) is 0 Å². The Morgan fingerprint density at radius 3 is 2.68 bits per heavy atom. The van der Waals surface area contributed by atoms with Gasteiger partial charge >= 0.3 is 6.03 Å². The summed E-state index contributed by atoms with van der Waals surface area (Å²) in [5, 5.41) is 6.45. The van der Waals surface area contributed by atoms with E-state index < -0.39 is 0 Å². The average Bonchev–Trinajstić information content (AvgIpc) is 2.97. The molecule has 1 unspecified atom stereocenters. The Hall–Kier alpha value is -1.26. The third kappa shape index (κ3) is 5.50. The van der Waals surface area contributed by atoms with E-state index in [2.05, 4.69) is 29.4 Å². The molecule has 122 valence electrons. The van der Waals surface area contributed by atoms with Crippen LogP contribution < -0.4 is 10.6 Å². The van der Waals surface area contributed by atoms with Crippen molar-refractivity contribution in [1.82, 2.24) is 10.2 Å². The highest BCUT2D eigenvalue weighted by atomic mass is 35.5. The molecule has 0 bridgehead atoms. The highest BCUT2D eigenvalue weighted by molar-refractivity contribution is 6.30. The number of likely N-dealkylation sites (tertiary alicyclic amines) is 1. The third-order valence-corrected chi connectivity index (χ3v) is 4.22. The molecule has 4 nitrogen and oxygen atoms in total. The van der Waals surface area contributed by atoms with E-state index in [1.807, 2.05) is 12.1 Å². The fraction of sp³-hybridized carbons (Fsp3) is 0.588. The maximum Gasteiger partial charge on any atom is 0.319 e. The predicted octanol–water partition coefficient (Wildman–Crippen LogP) is 3.97. The topological polar surface area (TPSA) is 44.4 Å². The molecule has 1 heterocycles. The van der Waals surface area contributed by atoms with Crippen molar-refractivity contribution in [3.8, 4) is 0 Å². The largest absolute Gasteiger partial charge is 0.336 e. The zero-order chi connectivity index (χ0) is 15.9. The molecule has 0 spiro atoms. The molecule has 1 saturated heterocycles. The molecule has 2 N–H and O–H groups in total. The van der Waals surface area contributed by atoms with Crippen LogP contribution in [0.3, 0.4) is 0 Å². The van der Waals surface area contributed by atoms with E-state index in [0.29, 0.717) is 29.2 Å². The first-order valence-electron chi connectivity index (χ1n) is 8.09. The minimum Gasteiger partial charge on any atom is -0.336 e. The van der Waals surface area contributed by atoms with Gasteiger partial charge in [0.25, 0.3) is 0 Å². The first-order chi connectivity index (χ1) is 10.5. The van der Waals surface area contributed by atoms with E-state index in [1.165, 1.54) is 12.8 Å². The van der Waals surface area contributed by atoms with Crippen molar-refractivity contribution >= 4 is 23.3 Å². The number of rotatable bonds is 6. The molecule has 22 heavy (non-hydrogen) atoms. The van der Waals surface area contributed by atoms with Gasteiger partial charge in [-0.1, -0.05) is 31.5 Å². The number of halogens is 1. The Morgan fingerprint density at radius 2 is 2.05 bits per heavy atom. The zero-order valence-electron chi connectivity index (χ0n) is 13.4. The molecule has 1 aromatic rings. The van der Waals surface area contributed by atoms with Gasteiger partial charge in [-0.15, -0.1) is 0 Å². The fourth-order valence-electron chi connectivity index (χ4n) is 2.96. The summed E-state index contributed by atoms with van der Waals surface area (Å²) in [4.78, 5) is 14.5. The number of carbonyl (C=O) groups excluding carboxylic acids is 1. The molecule has 1 aromatic carbocycles. The summed E-state index contributed by atoms with van der Waals surface area (Å²) >= 11 is 5.92. The summed E-state index contributed by atoms with van der Waals surface area (Å²) in [6.07, 6.45) is 3.64. The van der Waals surface area contributed by atoms with E-state index in [9.17, 15) is 4.79 Å². The van der Waals surface area contributed by atoms with Crippen molar-refractivity contribution < 1.29 is 4.79 Å². The fourth-order valence-corrected chi connectivity index (χ4v) is 3.15. The first-order valence-corrected chi connectivity index (χ1v) is 8.47. The molecule has 1 fully saturated rings. The number of hydrogen-bond donors (Lipinski definition) is 2. The lowest BCUT2D eigenvalue weighted by Crippen LogP contribution is -2.44. The Bertz CT molecular complexity index is 487. The van der Waals surface area contributed by atoms with Gasteiger partial charge in [0.2, 0.25) is 0 Å². The second-order valence-electron chi connectivity index (χ2n) is 6.37. The Kier molecular flexibility index (Phi) is 6.52. The van der Waals surface area contributed by atoms with E-state index in [1.54, 1.807) is 12.1 Å². The highest BCUT2D eigenvalue weighted by Crippen LogP contribution is 2.18. The molecular weight excluding hydrogens is 298 g/mol. The van der Waals surface area contributed by atoms with Crippen LogP contribution in [-0.4, -0.2) is 36.6 Å². The molecule has 0 aromatic heterocycles. The summed E-state index contributed by atoms with van der Waals surface area (Å²) in [5.74, 6) is 0.628. The number of benzene rings is 1. The Balaban J connectivity index is 1.84. The van der Waals surface area contributed by atoms with E-state index in [0.717, 1.165) is 19.5 Å². The predicted molar refractivity (Wildman–Crippen MR) is 92.5 cm³/mol. The summed E-state index contributed by atoms with van der Waals surface area (Å²) in [7, 11) is 0. The van der Waals surface area contributed by atoms with Crippen LogP contribution in [0, 0.1) is 5.92 Å². The highest BCUT2D eigenvalue weighted by Gasteiger charge is 2.23. The summed E-state index contributed by atoms with van der Waals surface area (Å²) in [5.41, 5.74) is 0.714. The van der Waals surface area contributed by atoms with Gasteiger partial charge in [-0.25, -0.2) is 4.79 Å². The second kappa shape index (κ2) is 8.39. The average molecular weight is 324 g/mol. The first kappa shape index (κ1) is 17.1. The van der Waals surface area contributed by atoms with Crippen LogP contribution in [0.4, 0.5) is 10.5 Å². The van der Waals surface area contributed by atoms with Crippen LogP contribution in [-0.2, 0) is 0 Å². The van der Waals surface area contributed by atoms with Crippen LogP contribution in [0.2, 0.25) is 5.02 Å². The lowest BCUT2D eigenvalue weighted by atomic mass is 10.0. The van der Waals surface area contributed by atoms with Crippen LogP contribution >= 0.6 is 11.6 Å². The molecule has 1 aliphatic heterocycles. The van der Waals surface area contributed by atoms with Gasteiger partial charge in [0.1, 0.15) is 0 Å². The number of nitrogens with one attached hydrogen (secondary N) is 2. The Labute approximate surface area is 138 Å². The molecule has 1 atom stereocenters. The summed E-state index contributed by atoms with van der Waals surface area (Å²) < 4.78 is 0. The lowest BCUT2D eigenvalue weighted by Gasteiger charge is -2.29. The standard InChI is InChI=1S/C17H26ClN3O/c1-13(2)10-16(21-8-3-4-9-21)12-19-17(22)20-15-7-5-6-14(18)11-15/h5-7,11,13,16H,3-4,8-10,12H2,1-2H3,(H2,19,20,22). The van der Waals surface area contributed by atoms with Crippen molar-refractivity contribution in [3.05, 3.63) is 29.3 Å². The van der Waals surface area contributed by atoms with Crippen molar-refractivity contribution in [1.29, 1.82) is 0 Å². The molecule has 2 amide bonds. The van der Waals surface area contributed by atoms with Crippen LogP contribution in [0.1, 0.15) is 33.1 Å². The smallest absolute Gasteiger partial charge is 0.319 e. The Morgan fingerprint density at radius 1 is 1.32 bits per heavy atom. The van der Waals surface area contributed by atoms with Gasteiger partial charge < -0.3 is 10.6 Å². The molecule has 0 aliphatic carbocycles. The number of anilines is 1. The lowest BCUT2D eigenvalue weighted by molar-refractivity contribution is 0.204. The molecule has 0 radical (unpaired) electrons. The number of nitrogens with zero attached hydrogens (tertiary/aromatic N) is 1. The molecule has 2 rings (SSSR count). The van der Waals surface area contributed by atoms with Crippen molar-refractivity contribution in [2.45, 2.75) is 39.2 Å². The summed E-state index contributed by atoms with van der Waals surface area (Å²) in [6.45, 7) is 7.44. The van der Waals surface area contributed by atoms with Crippen molar-refractivity contribution in [3.63, 3.8) is 0 Å². The number of hydrogen-bond acceptors (Lipinski definition) is 2. The number of carbonyl (C=O) groups is 1. The van der Waals surface area contributed by atoms with Crippen molar-refractivity contribution in [2.24, 2.45) is 5.92 Å². The summed E-state index contributed by atoms with van der Waals surface area (Å²) in [6, 6.07) is 7.44. The molecule has 1 aliphatic rings. The van der Waals surface area contributed by atoms with Crippen LogP contribution in [0.15, 0.2) is 24.3 Å². The second-order valence-corrected chi connectivity index (χ2v) is 6.81. The van der Waals surface area contributed by atoms with Gasteiger partial charge in [0, 0.05) is 23.3 Å². The van der Waals surface area contributed by atoms with Crippen LogP contribution in [0.5, 0.6) is 0 Å². The van der Waals surface area contributed by atoms with Gasteiger partial charge in [0.05, 0.1) is 0 Å². The van der Waals surface area contributed by atoms with E-state index >= 15 is 0 Å². The number of amides is 2. The van der Waals surface area contributed by atoms with Crippen molar-refractivity contribution in [2.75, 3.05) is 25.0 Å². The maximum atomic E-state index is 12.0. The normalized spacial score (nSPS) is 16.7. The number of urea groups is 1. The molecule has 5 heteroatoms. The third-order valence-electron chi connectivity index (χ3n) is 3.98. The van der Waals surface area contributed by atoms with Crippen LogP contribution in [0.25, 0.3) is 0 Å². The molecular formula is C17H26ClN3O. The van der Waals surface area contributed by atoms with Gasteiger partial charge in [-0.05, 0) is 56.5 Å². The zero-order valence-corrected chi connectivity index (χ0v) is 14.2. The SMILES string of the molecule is CC(C)CC(CNC(=O)Nc1cccc(Cl)c1)N1CCCC1. The minimum absolute atomic E-state index is 0.171. The quantitative estimate of drug-likeness (QED) is 0.832. The minimum atomic E-state index is -0.171.